The van der Waals surface area contributed by atoms with E-state index in [0.29, 0.717) is 35.9 Å². The molecule has 2 atom stereocenters. The van der Waals surface area contributed by atoms with Crippen LogP contribution >= 0.6 is 0 Å². The number of fused-ring (bicyclic) bond motifs is 2. The first-order chi connectivity index (χ1) is 12.7. The van der Waals surface area contributed by atoms with Crippen molar-refractivity contribution in [3.05, 3.63) is 35.9 Å². The molecule has 2 amide bonds. The Morgan fingerprint density at radius 1 is 1.00 bits per heavy atom. The monoisotopic (exact) mass is 355 g/mol. The summed E-state index contributed by atoms with van der Waals surface area (Å²) >= 11 is 0. The molecule has 3 fully saturated rings. The minimum absolute atomic E-state index is 0.0134. The van der Waals surface area contributed by atoms with Crippen LogP contribution in [0.4, 0.5) is 0 Å². The maximum absolute atomic E-state index is 12.7. The van der Waals surface area contributed by atoms with Crippen molar-refractivity contribution in [3.8, 4) is 0 Å². The number of nitrogens with one attached hydrogen (secondary N) is 2. The highest BCUT2D eigenvalue weighted by molar-refractivity contribution is 5.94. The Morgan fingerprint density at radius 2 is 1.65 bits per heavy atom. The van der Waals surface area contributed by atoms with Crippen LogP contribution in [-0.4, -0.2) is 47.9 Å². The number of amides is 2. The standard InChI is InChI=1S/C21H29N3O2/c25-20(14-15-12-18-6-7-19(13-15)22-18)24-10-8-17(9-11-24)23-21(26)16-4-2-1-3-5-16/h1-5,15,17-19,22H,6-14H2,(H,23,26). The Kier molecular flexibility index (Phi) is 5.25. The molecule has 1 aromatic carbocycles. The first-order valence-electron chi connectivity index (χ1n) is 10.1. The molecule has 0 spiro atoms. The summed E-state index contributed by atoms with van der Waals surface area (Å²) in [5, 5.41) is 6.76. The van der Waals surface area contributed by atoms with Crippen LogP contribution in [0.15, 0.2) is 30.3 Å². The van der Waals surface area contributed by atoms with Gasteiger partial charge in [-0.05, 0) is 56.6 Å². The van der Waals surface area contributed by atoms with Crippen molar-refractivity contribution < 1.29 is 9.59 Å². The Bertz CT molecular complexity index is 628. The highest BCUT2D eigenvalue weighted by Gasteiger charge is 2.35. The molecule has 1 aromatic rings. The molecule has 2 bridgehead atoms. The van der Waals surface area contributed by atoms with E-state index >= 15 is 0 Å². The Balaban J connectivity index is 1.22. The van der Waals surface area contributed by atoms with Crippen molar-refractivity contribution in [2.24, 2.45) is 5.92 Å². The van der Waals surface area contributed by atoms with Gasteiger partial charge in [-0.2, -0.15) is 0 Å². The van der Waals surface area contributed by atoms with E-state index in [0.717, 1.165) is 38.8 Å². The van der Waals surface area contributed by atoms with Crippen molar-refractivity contribution in [1.29, 1.82) is 0 Å². The Labute approximate surface area is 155 Å². The Morgan fingerprint density at radius 3 is 2.31 bits per heavy atom. The lowest BCUT2D eigenvalue weighted by molar-refractivity contribution is -0.133. The van der Waals surface area contributed by atoms with Gasteiger partial charge in [-0.25, -0.2) is 0 Å². The molecule has 0 aliphatic carbocycles. The highest BCUT2D eigenvalue weighted by atomic mass is 16.2. The first kappa shape index (κ1) is 17.5. The zero-order valence-electron chi connectivity index (χ0n) is 15.3. The van der Waals surface area contributed by atoms with E-state index in [1.807, 2.05) is 35.2 Å². The fourth-order valence-corrected chi connectivity index (χ4v) is 4.85. The number of benzene rings is 1. The number of rotatable bonds is 4. The van der Waals surface area contributed by atoms with E-state index in [2.05, 4.69) is 10.6 Å². The number of hydrogen-bond donors (Lipinski definition) is 2. The summed E-state index contributed by atoms with van der Waals surface area (Å²) in [6.07, 6.45) is 7.28. The van der Waals surface area contributed by atoms with Gasteiger partial charge >= 0.3 is 0 Å². The lowest BCUT2D eigenvalue weighted by atomic mass is 9.89. The molecule has 140 valence electrons. The summed E-state index contributed by atoms with van der Waals surface area (Å²) < 4.78 is 0. The van der Waals surface area contributed by atoms with Crippen LogP contribution in [0.3, 0.4) is 0 Å². The van der Waals surface area contributed by atoms with E-state index in [9.17, 15) is 9.59 Å². The van der Waals surface area contributed by atoms with Gasteiger partial charge in [0, 0.05) is 43.2 Å². The Hall–Kier alpha value is -1.88. The summed E-state index contributed by atoms with van der Waals surface area (Å²) in [4.78, 5) is 26.9. The van der Waals surface area contributed by atoms with E-state index in [4.69, 9.17) is 0 Å². The van der Waals surface area contributed by atoms with Crippen LogP contribution in [0.25, 0.3) is 0 Å². The summed E-state index contributed by atoms with van der Waals surface area (Å²) in [5.74, 6) is 0.849. The maximum atomic E-state index is 12.7. The van der Waals surface area contributed by atoms with Gasteiger partial charge in [0.15, 0.2) is 0 Å². The topological polar surface area (TPSA) is 61.4 Å². The molecule has 0 radical (unpaired) electrons. The number of hydrogen-bond acceptors (Lipinski definition) is 3. The van der Waals surface area contributed by atoms with E-state index < -0.39 is 0 Å². The second kappa shape index (κ2) is 7.78. The number of carbonyl (C=O) groups excluding carboxylic acids is 2. The number of likely N-dealkylation sites (tertiary alicyclic amines) is 1. The molecular formula is C21H29N3O2. The minimum atomic E-state index is -0.0134. The van der Waals surface area contributed by atoms with Gasteiger partial charge in [-0.1, -0.05) is 18.2 Å². The molecule has 26 heavy (non-hydrogen) atoms. The van der Waals surface area contributed by atoms with Gasteiger partial charge in [-0.3, -0.25) is 9.59 Å². The minimum Gasteiger partial charge on any atom is -0.349 e. The average molecular weight is 355 g/mol. The lowest BCUT2D eigenvalue weighted by Gasteiger charge is -2.35. The molecule has 2 unspecified atom stereocenters. The second-order valence-corrected chi connectivity index (χ2v) is 8.17. The van der Waals surface area contributed by atoms with E-state index in [-0.39, 0.29) is 11.9 Å². The predicted octanol–water partition coefficient (Wildman–Crippen LogP) is 2.33. The molecule has 0 saturated carbocycles. The van der Waals surface area contributed by atoms with E-state index in [1.54, 1.807) is 0 Å². The van der Waals surface area contributed by atoms with Crippen LogP contribution in [-0.2, 0) is 4.79 Å². The molecule has 3 saturated heterocycles. The summed E-state index contributed by atoms with van der Waals surface area (Å²) in [6.45, 7) is 1.52. The molecule has 3 heterocycles. The third-order valence-corrected chi connectivity index (χ3v) is 6.25. The largest absolute Gasteiger partial charge is 0.349 e. The quantitative estimate of drug-likeness (QED) is 0.871. The van der Waals surface area contributed by atoms with Gasteiger partial charge in [0.2, 0.25) is 5.91 Å². The summed E-state index contributed by atoms with van der Waals surface area (Å²) in [7, 11) is 0. The van der Waals surface area contributed by atoms with Crippen LogP contribution < -0.4 is 10.6 Å². The number of carbonyl (C=O) groups is 2. The SMILES string of the molecule is O=C(NC1CCN(C(=O)CC2CC3CCC(C2)N3)CC1)c1ccccc1. The van der Waals surface area contributed by atoms with Crippen LogP contribution in [0.5, 0.6) is 0 Å². The van der Waals surface area contributed by atoms with Gasteiger partial charge < -0.3 is 15.5 Å². The normalized spacial score (nSPS) is 28.8. The van der Waals surface area contributed by atoms with Gasteiger partial charge in [0.05, 0.1) is 0 Å². The van der Waals surface area contributed by atoms with Crippen molar-refractivity contribution in [1.82, 2.24) is 15.5 Å². The predicted molar refractivity (Wildman–Crippen MR) is 101 cm³/mol. The fourth-order valence-electron chi connectivity index (χ4n) is 4.85. The van der Waals surface area contributed by atoms with Crippen molar-refractivity contribution in [3.63, 3.8) is 0 Å². The summed E-state index contributed by atoms with van der Waals surface area (Å²) in [5.41, 5.74) is 0.701. The molecule has 3 aliphatic heterocycles. The zero-order valence-corrected chi connectivity index (χ0v) is 15.3. The lowest BCUT2D eigenvalue weighted by Crippen LogP contribution is -2.47. The maximum Gasteiger partial charge on any atom is 0.251 e. The van der Waals surface area contributed by atoms with Crippen LogP contribution in [0.2, 0.25) is 0 Å². The molecule has 3 aliphatic rings. The third kappa shape index (κ3) is 4.09. The fraction of sp³-hybridized carbons (Fsp3) is 0.619. The molecular weight excluding hydrogens is 326 g/mol. The smallest absolute Gasteiger partial charge is 0.251 e. The van der Waals surface area contributed by atoms with Crippen molar-refractivity contribution >= 4 is 11.8 Å². The van der Waals surface area contributed by atoms with Gasteiger partial charge in [0.1, 0.15) is 0 Å². The van der Waals surface area contributed by atoms with Crippen molar-refractivity contribution in [2.45, 2.75) is 63.1 Å². The highest BCUT2D eigenvalue weighted by Crippen LogP contribution is 2.33. The van der Waals surface area contributed by atoms with Gasteiger partial charge in [0.25, 0.3) is 5.91 Å². The number of nitrogens with zero attached hydrogens (tertiary/aromatic N) is 1. The summed E-state index contributed by atoms with van der Waals surface area (Å²) in [6, 6.07) is 10.8. The molecule has 2 N–H and O–H groups in total. The van der Waals surface area contributed by atoms with E-state index in [1.165, 1.54) is 12.8 Å². The number of piperidine rings is 2. The molecule has 4 rings (SSSR count). The first-order valence-corrected chi connectivity index (χ1v) is 10.1. The van der Waals surface area contributed by atoms with Gasteiger partial charge in [-0.15, -0.1) is 0 Å². The molecule has 5 nitrogen and oxygen atoms in total. The molecule has 5 heteroatoms. The zero-order chi connectivity index (χ0) is 17.9. The van der Waals surface area contributed by atoms with Crippen molar-refractivity contribution in [2.75, 3.05) is 13.1 Å². The second-order valence-electron chi connectivity index (χ2n) is 8.17. The third-order valence-electron chi connectivity index (χ3n) is 6.25. The average Bonchev–Trinajstić information content (AvgIpc) is 3.01. The molecule has 0 aromatic heterocycles. The van der Waals surface area contributed by atoms with Crippen LogP contribution in [0, 0.1) is 5.92 Å². The van der Waals surface area contributed by atoms with Crippen LogP contribution in [0.1, 0.15) is 55.3 Å².